The van der Waals surface area contributed by atoms with E-state index in [4.69, 9.17) is 67.8 Å². The number of hydrogen-bond acceptors (Lipinski definition) is 29. The Bertz CT molecular complexity index is 5990. The molecular weight excluding hydrogens is 1760 g/mol. The Kier molecular flexibility index (Phi) is 28.4. The van der Waals surface area contributed by atoms with E-state index in [0.29, 0.717) is 45.6 Å². The summed E-state index contributed by atoms with van der Waals surface area (Å²) >= 11 is 14.4. The lowest BCUT2D eigenvalue weighted by Gasteiger charge is -2.48. The fraction of sp³-hybridized carbons (Fsp3) is 0.376. The average Bonchev–Trinajstić information content (AvgIpc) is 1.14. The minimum atomic E-state index is -2.41. The third-order valence-electron chi connectivity index (χ3n) is 23.8. The summed E-state index contributed by atoms with van der Waals surface area (Å²) < 4.78 is 46.9. The van der Waals surface area contributed by atoms with Gasteiger partial charge in [0.2, 0.25) is 47.4 Å². The summed E-state index contributed by atoms with van der Waals surface area (Å²) in [5.41, 5.74) is 11.2. The molecule has 10 aliphatic rings. The number of carbonyl (C=O) groups excluding carboxylic acids is 3. The van der Waals surface area contributed by atoms with E-state index >= 15 is 0 Å². The van der Waals surface area contributed by atoms with Crippen LogP contribution in [0.1, 0.15) is 121 Å². The van der Waals surface area contributed by atoms with Gasteiger partial charge in [0.15, 0.2) is 77.4 Å². The molecule has 0 radical (unpaired) electrons. The van der Waals surface area contributed by atoms with E-state index in [1.165, 1.54) is 19.1 Å². The van der Waals surface area contributed by atoms with Gasteiger partial charge in [-0.05, 0) is 166 Å². The summed E-state index contributed by atoms with van der Waals surface area (Å²) in [6.45, 7) is 16.7. The molecule has 8 heterocycles. The summed E-state index contributed by atoms with van der Waals surface area (Å²) in [6.07, 6.45) is -16.0. The Morgan fingerprint density at radius 3 is 1.83 bits per heavy atom. The van der Waals surface area contributed by atoms with Crippen LogP contribution in [0.25, 0.3) is 11.5 Å². The molecule has 20 N–H and O–H groups in total. The number of anilines is 2. The van der Waals surface area contributed by atoms with Crippen LogP contribution in [0, 0.1) is 5.92 Å². The first-order chi connectivity index (χ1) is 62.8. The summed E-state index contributed by atoms with van der Waals surface area (Å²) in [4.78, 5) is 84.2. The van der Waals surface area contributed by atoms with E-state index in [9.17, 15) is 95.8 Å². The van der Waals surface area contributed by atoms with Gasteiger partial charge in [0, 0.05) is 101 Å². The number of aliphatic hydroxyl groups excluding tert-OH is 14. The largest absolute Gasteiger partial charge is 0.507 e. The van der Waals surface area contributed by atoms with Gasteiger partial charge in [-0.2, -0.15) is 0 Å². The lowest BCUT2D eigenvalue weighted by molar-refractivity contribution is -0.334. The highest BCUT2D eigenvalue weighted by Gasteiger charge is 2.53. The van der Waals surface area contributed by atoms with Crippen molar-refractivity contribution < 1.29 is 129 Å². The van der Waals surface area contributed by atoms with Crippen molar-refractivity contribution in [2.24, 2.45) is 47.3 Å². The molecule has 39 heteroatoms. The van der Waals surface area contributed by atoms with Crippen molar-refractivity contribution in [1.29, 1.82) is 0 Å². The highest BCUT2D eigenvalue weighted by Crippen LogP contribution is 2.51. The van der Waals surface area contributed by atoms with Gasteiger partial charge >= 0.3 is 5.97 Å². The van der Waals surface area contributed by atoms with Gasteiger partial charge in [-0.3, -0.25) is 14.4 Å². The van der Waals surface area contributed by atoms with Crippen LogP contribution in [0.2, 0.25) is 10.0 Å². The number of carboxylic acid groups (broad SMARTS) is 1. The first-order valence-electron chi connectivity index (χ1n) is 42.6. The number of primary amides is 1. The van der Waals surface area contributed by atoms with E-state index in [1.54, 1.807) is 32.9 Å². The van der Waals surface area contributed by atoms with Crippen LogP contribution in [-0.4, -0.2) is 259 Å². The zero-order valence-electron chi connectivity index (χ0n) is 72.5. The number of hydrogen-bond donors (Lipinski definition) is 18. The number of rotatable bonds is 20. The molecule has 0 aromatic heterocycles. The van der Waals surface area contributed by atoms with Crippen molar-refractivity contribution in [2.45, 2.75) is 184 Å². The monoisotopic (exact) mass is 1860 g/mol. The molecule has 0 saturated carbocycles. The van der Waals surface area contributed by atoms with Crippen molar-refractivity contribution in [2.75, 3.05) is 42.6 Å². The number of carbonyl (C=O) groups is 4. The predicted octanol–water partition coefficient (Wildman–Crippen LogP) is 8.37. The lowest BCUT2D eigenvalue weighted by atomic mass is 9.83. The second-order valence-corrected chi connectivity index (χ2v) is 34.0. The number of ether oxygens (including phenoxy) is 7. The smallest absolute Gasteiger partial charge is 0.333 e. The van der Waals surface area contributed by atoms with Crippen LogP contribution < -0.4 is 56.0 Å². The molecule has 6 aromatic carbocycles. The maximum atomic E-state index is 14.3. The number of ketones is 2. The van der Waals surface area contributed by atoms with Crippen LogP contribution in [-0.2, 0) is 33.4 Å². The van der Waals surface area contributed by atoms with Gasteiger partial charge < -0.3 is 136 Å². The molecule has 8 aliphatic heterocycles. The van der Waals surface area contributed by atoms with Gasteiger partial charge in [0.25, 0.3) is 0 Å². The van der Waals surface area contributed by atoms with E-state index < -0.39 is 255 Å². The molecule has 16 rings (SSSR count). The fourth-order valence-electron chi connectivity index (χ4n) is 17.0. The van der Waals surface area contributed by atoms with E-state index in [2.05, 4.69) is 72.8 Å². The number of carboxylic acids is 1. The number of fused-ring (bicyclic) bond motifs is 12. The normalized spacial score (nSPS) is 27.7. The second kappa shape index (κ2) is 39.3. The second-order valence-electron chi connectivity index (χ2n) is 33.2. The van der Waals surface area contributed by atoms with E-state index in [0.717, 1.165) is 92.2 Å². The van der Waals surface area contributed by atoms with Crippen molar-refractivity contribution >= 4 is 105 Å². The number of benzene rings is 6. The summed E-state index contributed by atoms with van der Waals surface area (Å²) in [7, 11) is 0. The van der Waals surface area contributed by atoms with Crippen molar-refractivity contribution in [3.05, 3.63) is 216 Å². The summed E-state index contributed by atoms with van der Waals surface area (Å²) in [5, 5.41) is 186. The Labute approximate surface area is 765 Å². The Morgan fingerprint density at radius 1 is 0.652 bits per heavy atom. The zero-order valence-corrected chi connectivity index (χ0v) is 74.0. The molecule has 0 spiro atoms. The van der Waals surface area contributed by atoms with E-state index in [1.807, 2.05) is 48.5 Å². The molecular formula is C93H101Cl2N11O26. The van der Waals surface area contributed by atoms with Crippen molar-refractivity contribution in [3.63, 3.8) is 0 Å². The molecule has 2 saturated heterocycles. The molecule has 698 valence electrons. The number of allylic oxidation sites excluding steroid dienone is 6. The summed E-state index contributed by atoms with van der Waals surface area (Å²) in [5.74, 6) is -15.8. The third-order valence-corrected chi connectivity index (χ3v) is 24.4. The number of aliphatic imine (C=N–C) groups is 6. The molecule has 18 atom stereocenters. The molecule has 132 heavy (non-hydrogen) atoms. The maximum Gasteiger partial charge on any atom is 0.333 e. The highest BCUT2D eigenvalue weighted by atomic mass is 35.5. The molecule has 6 aromatic rings. The van der Waals surface area contributed by atoms with Gasteiger partial charge in [-0.25, -0.2) is 34.7 Å². The fourth-order valence-corrected chi connectivity index (χ4v) is 17.5. The van der Waals surface area contributed by atoms with Gasteiger partial charge in [-0.1, -0.05) is 73.5 Å². The standard InChI is InChI=1S/C93H101Cl2N11O26/c1-9-105(10-2)46-20-22-51-63(33-46)129-64-34-47(106(11-3)12-4)21-23-52(64)70(51)49-15-13-14-16-50(49)84(117)104-93(8)38-69(126-41(7)83(93)116)131-82-80(115)79(114)67(39-107)130-92(82)132-81-65-31-45-32-66(81)128-62-26-19-44(30-56(62)95)78(113)76-90(123)101-74(91(124)125)54-35-48(108)36-60(110)71(54)53-28-42(17-24-59(53)109)72(87(120)103-76)100-88(121)73(45)99-86(119)58(37-68(97)111)98-89(122)75(102-85(118)57(96)27-40(5)6)77(112)43-18-25-61(127-65)55(94)29-43/h13-26,28-36,40-41,57-58,67,69,72-80,82-83,92,104,107,110,112-117H,9-12,27,37-39,96H2,1-8H3,(H2,97,111)(H,98,122)(H,99,119)(H,100,121)(H,101,123)(H,102,118)(H,103,120)(H,124,125)/b71-53-,84-50?/t41-,57+,58-,67+,69-,72+,73+,74-,75+,76-,77+,78+,79+,80-,82+,83+,92-,93-/m0/s1. The minimum Gasteiger partial charge on any atom is -0.507 e. The molecule has 2 aliphatic carbocycles. The number of aliphatic carboxylic acids is 1. The third kappa shape index (κ3) is 19.5. The molecule has 0 unspecified atom stereocenters. The Morgan fingerprint density at radius 2 is 1.24 bits per heavy atom. The topological polar surface area (TPSA) is 581 Å². The average molecular weight is 1860 g/mol. The zero-order chi connectivity index (χ0) is 95.1. The number of nitrogens with zero attached hydrogens (tertiary/aromatic N) is 8. The Hall–Kier alpha value is -12.8. The number of halogens is 2. The van der Waals surface area contributed by atoms with Gasteiger partial charge in [0.05, 0.1) is 40.8 Å². The predicted molar refractivity (Wildman–Crippen MR) is 487 cm³/mol. The van der Waals surface area contributed by atoms with Crippen LogP contribution in [0.15, 0.2) is 198 Å². The lowest BCUT2D eigenvalue weighted by Crippen LogP contribution is -2.65. The molecule has 1 amide bonds. The van der Waals surface area contributed by atoms with E-state index in [-0.39, 0.29) is 39.5 Å². The quantitative estimate of drug-likeness (QED) is 0.0251. The first kappa shape index (κ1) is 95.3. The Balaban J connectivity index is 0.959. The van der Waals surface area contributed by atoms with Crippen LogP contribution >= 0.6 is 23.2 Å². The van der Waals surface area contributed by atoms with Crippen molar-refractivity contribution in [3.8, 4) is 40.2 Å². The highest BCUT2D eigenvalue weighted by molar-refractivity contribution is 6.32. The molecule has 2 fully saturated rings. The van der Waals surface area contributed by atoms with Crippen LogP contribution in [0.3, 0.4) is 0 Å². The SMILES string of the molecule is CCN(CC)c1ccc2c(c1)Oc1cc(N(CC)CC)ccc1C2=c1ccccc1=C(O)N[C@@]1(C)C[C@H](O[C@H]2[C@H](Oc3c4cc5cc3Oc3ccc(cc3Cl)[C@@H](O)[C@@H](N=C(O)[C@H](N)CC(C)C)C(O)=N[C@@H](CC(N)=O)C(O)=N[C@H]5C(O)=N[C@@H]3C5=C/C(=C6/C(O)=CC(=O)C=C6[C@@H](C(=O)O)N=C(O)[C@@H](N=C3O)[C@H](O)c3ccc(c(Cl)c3)O4)C(=O)C=C5)O[C@H](CO)[C@@H](O)[C@@H]2O)O[C@@H](C)[C@H]1O. The number of nitrogens with two attached hydrogens (primary N) is 2. The van der Waals surface area contributed by atoms with Crippen LogP contribution in [0.4, 0.5) is 11.4 Å². The maximum absolute atomic E-state index is 14.3. The number of aliphatic hydroxyl groups is 14. The number of nitrogens with one attached hydrogen (secondary N) is 1. The summed E-state index contributed by atoms with van der Waals surface area (Å²) in [6, 6.07) is 13.0. The molecule has 37 nitrogen and oxygen atoms in total. The van der Waals surface area contributed by atoms with Gasteiger partial charge in [-0.15, -0.1) is 0 Å². The van der Waals surface area contributed by atoms with Crippen molar-refractivity contribution in [1.82, 2.24) is 5.32 Å². The minimum absolute atomic E-state index is 0.102. The number of amides is 1. The van der Waals surface area contributed by atoms with Gasteiger partial charge in [0.1, 0.15) is 71.4 Å². The van der Waals surface area contributed by atoms with Crippen LogP contribution in [0.5, 0.6) is 40.2 Å². The first-order valence-corrected chi connectivity index (χ1v) is 43.3. The molecule has 11 bridgehead atoms.